The van der Waals surface area contributed by atoms with E-state index in [2.05, 4.69) is 5.32 Å². The molecular formula is C25H24N2O6S. The van der Waals surface area contributed by atoms with Gasteiger partial charge in [-0.05, 0) is 42.7 Å². The molecule has 1 heterocycles. The number of nitro groups is 1. The second-order valence-corrected chi connectivity index (χ2v) is 8.00. The lowest BCUT2D eigenvalue weighted by Gasteiger charge is -2.08. The molecule has 1 aromatic heterocycles. The number of ether oxygens (including phenoxy) is 2. The molecule has 0 saturated heterocycles. The number of anilines is 1. The zero-order valence-electron chi connectivity index (χ0n) is 18.8. The Kier molecular flexibility index (Phi) is 8.53. The van der Waals surface area contributed by atoms with Gasteiger partial charge in [-0.2, -0.15) is 0 Å². The van der Waals surface area contributed by atoms with Gasteiger partial charge in [0, 0.05) is 29.2 Å². The number of hydrogen-bond acceptors (Lipinski definition) is 7. The Morgan fingerprint density at radius 1 is 1.15 bits per heavy atom. The minimum absolute atomic E-state index is 0.0989. The normalized spacial score (nSPS) is 10.8. The van der Waals surface area contributed by atoms with Gasteiger partial charge in [0.2, 0.25) is 5.91 Å². The molecule has 0 aliphatic rings. The Morgan fingerprint density at radius 2 is 1.91 bits per heavy atom. The number of benzene rings is 2. The maximum Gasteiger partial charge on any atom is 0.341 e. The minimum atomic E-state index is -0.618. The molecule has 176 valence electrons. The molecule has 0 aliphatic carbocycles. The average Bonchev–Trinajstić information content (AvgIpc) is 3.25. The van der Waals surface area contributed by atoms with Crippen molar-refractivity contribution in [1.29, 1.82) is 0 Å². The van der Waals surface area contributed by atoms with Gasteiger partial charge in [-0.25, -0.2) is 4.79 Å². The molecule has 8 nitrogen and oxygen atoms in total. The van der Waals surface area contributed by atoms with E-state index in [1.54, 1.807) is 30.5 Å². The van der Waals surface area contributed by atoms with Gasteiger partial charge in [0.1, 0.15) is 16.3 Å². The summed E-state index contributed by atoms with van der Waals surface area (Å²) in [5.41, 5.74) is 1.81. The summed E-state index contributed by atoms with van der Waals surface area (Å²) in [6.07, 6.45) is 3.93. The van der Waals surface area contributed by atoms with E-state index >= 15 is 0 Å². The Hall–Kier alpha value is -3.98. The quantitative estimate of drug-likeness (QED) is 0.166. The molecule has 34 heavy (non-hydrogen) atoms. The summed E-state index contributed by atoms with van der Waals surface area (Å²) < 4.78 is 10.7. The van der Waals surface area contributed by atoms with Gasteiger partial charge in [-0.1, -0.05) is 31.2 Å². The Morgan fingerprint density at radius 3 is 2.59 bits per heavy atom. The van der Waals surface area contributed by atoms with E-state index in [1.165, 1.54) is 18.2 Å². The molecule has 3 rings (SSSR count). The summed E-state index contributed by atoms with van der Waals surface area (Å²) in [6, 6.07) is 13.3. The van der Waals surface area contributed by atoms with Crippen molar-refractivity contribution in [2.24, 2.45) is 0 Å². The van der Waals surface area contributed by atoms with Gasteiger partial charge in [0.15, 0.2) is 0 Å². The van der Waals surface area contributed by atoms with E-state index in [4.69, 9.17) is 9.47 Å². The molecule has 3 aromatic rings. The van der Waals surface area contributed by atoms with Gasteiger partial charge < -0.3 is 14.8 Å². The van der Waals surface area contributed by atoms with Crippen molar-refractivity contribution >= 4 is 40.0 Å². The highest BCUT2D eigenvalue weighted by Gasteiger charge is 2.23. The first-order valence-corrected chi connectivity index (χ1v) is 11.6. The highest BCUT2D eigenvalue weighted by Crippen LogP contribution is 2.37. The summed E-state index contributed by atoms with van der Waals surface area (Å²) in [4.78, 5) is 35.9. The highest BCUT2D eigenvalue weighted by molar-refractivity contribution is 7.15. The van der Waals surface area contributed by atoms with Crippen molar-refractivity contribution < 1.29 is 24.0 Å². The van der Waals surface area contributed by atoms with Crippen LogP contribution in [0.1, 0.15) is 36.2 Å². The first kappa shape index (κ1) is 24.7. The summed E-state index contributed by atoms with van der Waals surface area (Å²) in [5.74, 6) is -0.286. The van der Waals surface area contributed by atoms with Crippen molar-refractivity contribution in [3.63, 3.8) is 0 Å². The molecule has 0 unspecified atom stereocenters. The van der Waals surface area contributed by atoms with E-state index in [-0.39, 0.29) is 17.9 Å². The fourth-order valence-corrected chi connectivity index (χ4v) is 4.04. The molecule has 1 amide bonds. The van der Waals surface area contributed by atoms with Gasteiger partial charge in [-0.15, -0.1) is 11.3 Å². The number of hydrogen-bond donors (Lipinski definition) is 1. The number of amides is 1. The van der Waals surface area contributed by atoms with Crippen LogP contribution in [0.2, 0.25) is 0 Å². The smallest absolute Gasteiger partial charge is 0.341 e. The average molecular weight is 481 g/mol. The largest absolute Gasteiger partial charge is 0.494 e. The highest BCUT2D eigenvalue weighted by atomic mass is 32.1. The van der Waals surface area contributed by atoms with E-state index < -0.39 is 16.8 Å². The lowest BCUT2D eigenvalue weighted by Crippen LogP contribution is -2.12. The molecule has 0 bridgehead atoms. The number of nitrogens with one attached hydrogen (secondary N) is 1. The number of carbonyl (C=O) groups excluding carboxylic acids is 2. The standard InChI is InChI=1S/C25H24N2O6S/c1-3-14-33-20-11-8-17(9-12-20)10-13-22(28)26-24-23(25(29)32-4-2)21(16-34-24)18-6-5-7-19(15-18)27(30)31/h5-13,15-16H,3-4,14H2,1-2H3,(H,26,28). The third-order valence-corrected chi connectivity index (χ3v) is 5.55. The third-order valence-electron chi connectivity index (χ3n) is 4.66. The zero-order chi connectivity index (χ0) is 24.5. The first-order valence-electron chi connectivity index (χ1n) is 10.7. The summed E-state index contributed by atoms with van der Waals surface area (Å²) in [5, 5.41) is 15.8. The van der Waals surface area contributed by atoms with Gasteiger partial charge in [0.25, 0.3) is 5.69 Å². The number of carbonyl (C=O) groups is 2. The Balaban J connectivity index is 1.81. The second-order valence-electron chi connectivity index (χ2n) is 7.12. The molecule has 0 spiro atoms. The molecular weight excluding hydrogens is 456 g/mol. The zero-order valence-corrected chi connectivity index (χ0v) is 19.6. The van der Waals surface area contributed by atoms with Gasteiger partial charge in [-0.3, -0.25) is 14.9 Å². The predicted octanol–water partition coefficient (Wildman–Crippen LogP) is 5.94. The monoisotopic (exact) mass is 480 g/mol. The minimum Gasteiger partial charge on any atom is -0.494 e. The molecule has 0 saturated carbocycles. The van der Waals surface area contributed by atoms with Gasteiger partial charge in [0.05, 0.1) is 18.1 Å². The lowest BCUT2D eigenvalue weighted by atomic mass is 10.0. The van der Waals surface area contributed by atoms with Crippen LogP contribution in [0.4, 0.5) is 10.7 Å². The van der Waals surface area contributed by atoms with E-state index in [1.807, 2.05) is 31.2 Å². The van der Waals surface area contributed by atoms with Crippen LogP contribution in [0.5, 0.6) is 5.75 Å². The van der Waals surface area contributed by atoms with Crippen LogP contribution in [0.3, 0.4) is 0 Å². The van der Waals surface area contributed by atoms with E-state index in [0.29, 0.717) is 22.7 Å². The van der Waals surface area contributed by atoms with E-state index in [0.717, 1.165) is 29.1 Å². The van der Waals surface area contributed by atoms with Crippen LogP contribution in [-0.2, 0) is 9.53 Å². The molecule has 0 atom stereocenters. The molecule has 9 heteroatoms. The number of esters is 1. The van der Waals surface area contributed by atoms with Crippen molar-refractivity contribution in [2.75, 3.05) is 18.5 Å². The lowest BCUT2D eigenvalue weighted by molar-refractivity contribution is -0.384. The molecule has 2 aromatic carbocycles. The number of rotatable bonds is 10. The van der Waals surface area contributed by atoms with Crippen LogP contribution in [-0.4, -0.2) is 30.0 Å². The van der Waals surface area contributed by atoms with Crippen LogP contribution < -0.4 is 10.1 Å². The fraction of sp³-hybridized carbons (Fsp3) is 0.200. The fourth-order valence-electron chi connectivity index (χ4n) is 3.08. The Bertz CT molecular complexity index is 1200. The van der Waals surface area contributed by atoms with Crippen LogP contribution in [0.25, 0.3) is 17.2 Å². The Labute approximate surface area is 201 Å². The number of nitrogens with zero attached hydrogens (tertiary/aromatic N) is 1. The van der Waals surface area contributed by atoms with Crippen molar-refractivity contribution in [3.05, 3.63) is 81.2 Å². The maximum atomic E-state index is 12.7. The van der Waals surface area contributed by atoms with Crippen molar-refractivity contribution in [3.8, 4) is 16.9 Å². The third kappa shape index (κ3) is 6.29. The topological polar surface area (TPSA) is 108 Å². The summed E-state index contributed by atoms with van der Waals surface area (Å²) >= 11 is 1.15. The van der Waals surface area contributed by atoms with Crippen LogP contribution in [0, 0.1) is 10.1 Å². The molecule has 1 N–H and O–H groups in total. The SMILES string of the molecule is CCCOc1ccc(C=CC(=O)Nc2scc(-c3cccc([N+](=O)[O-])c3)c2C(=O)OCC)cc1. The summed E-state index contributed by atoms with van der Waals surface area (Å²) in [7, 11) is 0. The number of thiophene rings is 1. The number of non-ortho nitro benzene ring substituents is 1. The van der Waals surface area contributed by atoms with Gasteiger partial charge >= 0.3 is 5.97 Å². The van der Waals surface area contributed by atoms with Crippen LogP contribution >= 0.6 is 11.3 Å². The van der Waals surface area contributed by atoms with Crippen molar-refractivity contribution in [2.45, 2.75) is 20.3 Å². The van der Waals surface area contributed by atoms with Crippen molar-refractivity contribution in [1.82, 2.24) is 0 Å². The molecule has 0 aliphatic heterocycles. The molecule has 0 fully saturated rings. The first-order chi connectivity index (χ1) is 16.4. The van der Waals surface area contributed by atoms with E-state index in [9.17, 15) is 19.7 Å². The second kappa shape index (κ2) is 11.8. The van der Waals surface area contributed by atoms with Crippen LogP contribution in [0.15, 0.2) is 60.0 Å². The molecule has 0 radical (unpaired) electrons. The number of nitro benzene ring substituents is 1. The summed E-state index contributed by atoms with van der Waals surface area (Å²) in [6.45, 7) is 4.49. The maximum absolute atomic E-state index is 12.7. The predicted molar refractivity (Wildman–Crippen MR) is 132 cm³/mol.